The minimum absolute atomic E-state index is 0.308. The number of hydrogen-bond donors (Lipinski definition) is 0. The molecule has 1 aliphatic heterocycles. The molecule has 3 aromatic rings. The van der Waals surface area contributed by atoms with Gasteiger partial charge in [0.2, 0.25) is 5.95 Å². The summed E-state index contributed by atoms with van der Waals surface area (Å²) in [5.41, 5.74) is 3.89. The van der Waals surface area contributed by atoms with E-state index in [2.05, 4.69) is 80.4 Å². The molecular formula is C24H29N5. The number of anilines is 1. The molecule has 2 heterocycles. The lowest BCUT2D eigenvalue weighted by Crippen LogP contribution is -2.47. The fourth-order valence-electron chi connectivity index (χ4n) is 3.98. The third-order valence-electron chi connectivity index (χ3n) is 5.50. The average Bonchev–Trinajstić information content (AvgIpc) is 2.77. The summed E-state index contributed by atoms with van der Waals surface area (Å²) in [4.78, 5) is 15.9. The van der Waals surface area contributed by atoms with Crippen molar-refractivity contribution in [1.29, 1.82) is 0 Å². The van der Waals surface area contributed by atoms with Crippen LogP contribution in [0.25, 0.3) is 0 Å². The molecule has 2 aromatic carbocycles. The van der Waals surface area contributed by atoms with Crippen LogP contribution in [0.4, 0.5) is 5.95 Å². The van der Waals surface area contributed by atoms with E-state index >= 15 is 0 Å². The lowest BCUT2D eigenvalue weighted by Gasteiger charge is -2.39. The van der Waals surface area contributed by atoms with Crippen molar-refractivity contribution in [3.63, 3.8) is 0 Å². The topological polar surface area (TPSA) is 35.5 Å². The van der Waals surface area contributed by atoms with Gasteiger partial charge in [0.1, 0.15) is 0 Å². The molecular weight excluding hydrogens is 358 g/mol. The molecule has 5 nitrogen and oxygen atoms in total. The van der Waals surface area contributed by atoms with Crippen molar-refractivity contribution in [3.05, 3.63) is 89.7 Å². The van der Waals surface area contributed by atoms with Crippen molar-refractivity contribution in [1.82, 2.24) is 19.8 Å². The predicted molar refractivity (Wildman–Crippen MR) is 118 cm³/mol. The first-order chi connectivity index (χ1) is 14.2. The Morgan fingerprint density at radius 1 is 0.793 bits per heavy atom. The number of aromatic nitrogens is 2. The molecule has 4 rings (SSSR count). The Balaban J connectivity index is 1.43. The van der Waals surface area contributed by atoms with Gasteiger partial charge in [-0.3, -0.25) is 9.80 Å². The Labute approximate surface area is 173 Å². The lowest BCUT2D eigenvalue weighted by molar-refractivity contribution is 0.105. The van der Waals surface area contributed by atoms with Crippen LogP contribution in [-0.2, 0) is 6.54 Å². The van der Waals surface area contributed by atoms with Gasteiger partial charge in [-0.2, -0.15) is 0 Å². The standard InChI is InChI=1S/C24H29N5/c1-27(2)24-25-17-20(18-26-24)19-28-13-15-29(16-14-28)23(21-9-5-3-6-10-21)22-11-7-4-8-12-22/h3-12,17-18,23H,13-16,19H2,1-2H3. The first-order valence-corrected chi connectivity index (χ1v) is 10.3. The van der Waals surface area contributed by atoms with Crippen molar-refractivity contribution in [2.45, 2.75) is 12.6 Å². The van der Waals surface area contributed by atoms with Gasteiger partial charge in [0, 0.05) is 64.8 Å². The van der Waals surface area contributed by atoms with Gasteiger partial charge in [-0.1, -0.05) is 60.7 Å². The van der Waals surface area contributed by atoms with E-state index in [9.17, 15) is 0 Å². The molecule has 1 fully saturated rings. The molecule has 1 saturated heterocycles. The Morgan fingerprint density at radius 2 is 1.31 bits per heavy atom. The molecule has 0 aliphatic carbocycles. The maximum atomic E-state index is 4.44. The molecule has 29 heavy (non-hydrogen) atoms. The number of rotatable bonds is 6. The first-order valence-electron chi connectivity index (χ1n) is 10.3. The van der Waals surface area contributed by atoms with Crippen LogP contribution in [0.2, 0.25) is 0 Å². The highest BCUT2D eigenvalue weighted by molar-refractivity contribution is 5.32. The molecule has 1 aromatic heterocycles. The van der Waals surface area contributed by atoms with Crippen LogP contribution >= 0.6 is 0 Å². The van der Waals surface area contributed by atoms with E-state index in [1.807, 2.05) is 31.4 Å². The molecule has 0 radical (unpaired) electrons. The normalized spacial score (nSPS) is 15.6. The number of hydrogen-bond acceptors (Lipinski definition) is 5. The number of nitrogens with zero attached hydrogens (tertiary/aromatic N) is 5. The van der Waals surface area contributed by atoms with Gasteiger partial charge < -0.3 is 4.90 Å². The lowest BCUT2D eigenvalue weighted by atomic mass is 9.96. The van der Waals surface area contributed by atoms with Crippen LogP contribution in [0.15, 0.2) is 73.1 Å². The van der Waals surface area contributed by atoms with Crippen LogP contribution in [0, 0.1) is 0 Å². The van der Waals surface area contributed by atoms with Gasteiger partial charge in [-0.15, -0.1) is 0 Å². The second-order valence-electron chi connectivity index (χ2n) is 7.82. The van der Waals surface area contributed by atoms with Crippen molar-refractivity contribution in [3.8, 4) is 0 Å². The second-order valence-corrected chi connectivity index (χ2v) is 7.82. The highest BCUT2D eigenvalue weighted by atomic mass is 15.3. The Bertz CT molecular complexity index is 833. The zero-order valence-corrected chi connectivity index (χ0v) is 17.3. The molecule has 150 valence electrons. The predicted octanol–water partition coefficient (Wildman–Crippen LogP) is 3.45. The summed E-state index contributed by atoms with van der Waals surface area (Å²) in [6.07, 6.45) is 3.90. The Kier molecular flexibility index (Phi) is 6.17. The maximum absolute atomic E-state index is 4.44. The van der Waals surface area contributed by atoms with Crippen molar-refractivity contribution in [2.24, 2.45) is 0 Å². The van der Waals surface area contributed by atoms with Crippen LogP contribution in [-0.4, -0.2) is 60.0 Å². The summed E-state index contributed by atoms with van der Waals surface area (Å²) in [7, 11) is 3.92. The Hall–Kier alpha value is -2.76. The second kappa shape index (κ2) is 9.16. The van der Waals surface area contributed by atoms with E-state index in [1.54, 1.807) is 0 Å². The zero-order chi connectivity index (χ0) is 20.1. The third kappa shape index (κ3) is 4.81. The third-order valence-corrected chi connectivity index (χ3v) is 5.50. The van der Waals surface area contributed by atoms with Gasteiger partial charge >= 0.3 is 0 Å². The smallest absolute Gasteiger partial charge is 0.224 e. The van der Waals surface area contributed by atoms with E-state index in [1.165, 1.54) is 16.7 Å². The molecule has 1 aliphatic rings. The fraction of sp³-hybridized carbons (Fsp3) is 0.333. The number of benzene rings is 2. The average molecular weight is 388 g/mol. The fourth-order valence-corrected chi connectivity index (χ4v) is 3.98. The minimum atomic E-state index is 0.308. The highest BCUT2D eigenvalue weighted by Crippen LogP contribution is 2.29. The molecule has 0 unspecified atom stereocenters. The van der Waals surface area contributed by atoms with Gasteiger partial charge in [0.05, 0.1) is 6.04 Å². The first kappa shape index (κ1) is 19.6. The summed E-state index contributed by atoms with van der Waals surface area (Å²) >= 11 is 0. The molecule has 0 spiro atoms. The largest absolute Gasteiger partial charge is 0.347 e. The van der Waals surface area contributed by atoms with Crippen LogP contribution < -0.4 is 4.90 Å². The summed E-state index contributed by atoms with van der Waals surface area (Å²) in [5, 5.41) is 0. The van der Waals surface area contributed by atoms with E-state index in [-0.39, 0.29) is 0 Å². The monoisotopic (exact) mass is 387 g/mol. The molecule has 0 bridgehead atoms. The van der Waals surface area contributed by atoms with Crippen molar-refractivity contribution in [2.75, 3.05) is 45.2 Å². The van der Waals surface area contributed by atoms with Gasteiger partial charge in [0.25, 0.3) is 0 Å². The SMILES string of the molecule is CN(C)c1ncc(CN2CCN(C(c3ccccc3)c3ccccc3)CC2)cn1. The van der Waals surface area contributed by atoms with E-state index in [0.29, 0.717) is 6.04 Å². The molecule has 5 heteroatoms. The quantitative estimate of drug-likeness (QED) is 0.647. The van der Waals surface area contributed by atoms with Crippen molar-refractivity contribution < 1.29 is 0 Å². The molecule has 0 atom stereocenters. The van der Waals surface area contributed by atoms with E-state index < -0.39 is 0 Å². The maximum Gasteiger partial charge on any atom is 0.224 e. The molecule has 0 amide bonds. The van der Waals surface area contributed by atoms with Crippen LogP contribution in [0.3, 0.4) is 0 Å². The summed E-state index contributed by atoms with van der Waals surface area (Å²) in [6, 6.07) is 22.0. The van der Waals surface area contributed by atoms with E-state index in [0.717, 1.165) is 38.7 Å². The summed E-state index contributed by atoms with van der Waals surface area (Å²) in [6.45, 7) is 5.09. The minimum Gasteiger partial charge on any atom is -0.347 e. The number of piperazine rings is 1. The highest BCUT2D eigenvalue weighted by Gasteiger charge is 2.26. The zero-order valence-electron chi connectivity index (χ0n) is 17.3. The Morgan fingerprint density at radius 3 is 1.79 bits per heavy atom. The molecule has 0 N–H and O–H groups in total. The summed E-state index contributed by atoms with van der Waals surface area (Å²) < 4.78 is 0. The van der Waals surface area contributed by atoms with Gasteiger partial charge in [-0.05, 0) is 11.1 Å². The summed E-state index contributed by atoms with van der Waals surface area (Å²) in [5.74, 6) is 0.757. The van der Waals surface area contributed by atoms with Crippen LogP contribution in [0.1, 0.15) is 22.7 Å². The molecule has 0 saturated carbocycles. The van der Waals surface area contributed by atoms with Gasteiger partial charge in [-0.25, -0.2) is 9.97 Å². The van der Waals surface area contributed by atoms with Gasteiger partial charge in [0.15, 0.2) is 0 Å². The van der Waals surface area contributed by atoms with Crippen LogP contribution in [0.5, 0.6) is 0 Å². The van der Waals surface area contributed by atoms with E-state index in [4.69, 9.17) is 0 Å². The van der Waals surface area contributed by atoms with Crippen molar-refractivity contribution >= 4 is 5.95 Å².